The van der Waals surface area contributed by atoms with Crippen molar-refractivity contribution in [1.29, 1.82) is 0 Å². The van der Waals surface area contributed by atoms with Crippen LogP contribution in [-0.4, -0.2) is 16.9 Å². The second-order valence-electron chi connectivity index (χ2n) is 3.65. The predicted molar refractivity (Wildman–Crippen MR) is 53.9 cm³/mol. The molecule has 74 valence electrons. The Morgan fingerprint density at radius 3 is 2.93 bits per heavy atom. The monoisotopic (exact) mass is 191 g/mol. The first-order valence-corrected chi connectivity index (χ1v) is 4.69. The number of nitrogen functional groups attached to an aromatic ring is 1. The molecule has 1 aromatic heterocycles. The molecule has 0 aliphatic heterocycles. The Hall–Kier alpha value is -1.58. The molecule has 1 aromatic rings. The zero-order chi connectivity index (χ0) is 10.1. The van der Waals surface area contributed by atoms with Crippen molar-refractivity contribution in [3.05, 3.63) is 23.5 Å². The minimum absolute atomic E-state index is 0.0650. The van der Waals surface area contributed by atoms with E-state index in [9.17, 15) is 4.79 Å². The summed E-state index contributed by atoms with van der Waals surface area (Å²) in [6.45, 7) is 1.83. The van der Waals surface area contributed by atoms with E-state index >= 15 is 0 Å². The van der Waals surface area contributed by atoms with E-state index in [1.165, 1.54) is 0 Å². The normalized spacial score (nSPS) is 15.2. The number of carbonyl (C=O) groups is 1. The molecule has 14 heavy (non-hydrogen) atoms. The van der Waals surface area contributed by atoms with E-state index in [1.807, 2.05) is 6.92 Å². The minimum Gasteiger partial charge on any atom is -0.397 e. The average Bonchev–Trinajstić information content (AvgIpc) is 2.93. The molecular weight excluding hydrogens is 178 g/mol. The topological polar surface area (TPSA) is 68.0 Å². The largest absolute Gasteiger partial charge is 0.397 e. The van der Waals surface area contributed by atoms with E-state index in [0.717, 1.165) is 18.4 Å². The van der Waals surface area contributed by atoms with Gasteiger partial charge in [0.25, 0.3) is 5.91 Å². The fourth-order valence-electron chi connectivity index (χ4n) is 1.26. The number of anilines is 1. The number of nitrogens with zero attached hydrogens (tertiary/aromatic N) is 1. The lowest BCUT2D eigenvalue weighted by molar-refractivity contribution is 0.0950. The summed E-state index contributed by atoms with van der Waals surface area (Å²) in [5.74, 6) is -0.0650. The van der Waals surface area contributed by atoms with Crippen LogP contribution in [0.3, 0.4) is 0 Å². The van der Waals surface area contributed by atoms with Crippen molar-refractivity contribution in [2.24, 2.45) is 0 Å². The van der Waals surface area contributed by atoms with Gasteiger partial charge in [-0.05, 0) is 25.3 Å². The molecule has 1 aliphatic carbocycles. The maximum absolute atomic E-state index is 11.7. The van der Waals surface area contributed by atoms with Gasteiger partial charge in [0, 0.05) is 12.2 Å². The van der Waals surface area contributed by atoms with Crippen LogP contribution in [0.5, 0.6) is 0 Å². The lowest BCUT2D eigenvalue weighted by Gasteiger charge is -2.07. The molecule has 0 aromatic carbocycles. The zero-order valence-corrected chi connectivity index (χ0v) is 8.08. The highest BCUT2D eigenvalue weighted by Gasteiger charge is 2.24. The van der Waals surface area contributed by atoms with Crippen LogP contribution in [0.1, 0.15) is 28.8 Å². The van der Waals surface area contributed by atoms with Crippen LogP contribution in [0.2, 0.25) is 0 Å². The van der Waals surface area contributed by atoms with E-state index in [4.69, 9.17) is 5.73 Å². The number of nitrogens with two attached hydrogens (primary N) is 1. The standard InChI is InChI=1S/C10H13N3O/c1-6-8(4-12-5-9(6)11)10(14)13-7-2-3-7/h4-5,7H,2-3,11H2,1H3,(H,13,14). The van der Waals surface area contributed by atoms with E-state index in [2.05, 4.69) is 10.3 Å². The fourth-order valence-corrected chi connectivity index (χ4v) is 1.26. The molecule has 0 atom stereocenters. The van der Waals surface area contributed by atoms with Gasteiger partial charge in [-0.15, -0.1) is 0 Å². The number of rotatable bonds is 2. The number of hydrogen-bond donors (Lipinski definition) is 2. The second kappa shape index (κ2) is 3.29. The molecule has 0 spiro atoms. The smallest absolute Gasteiger partial charge is 0.253 e. The van der Waals surface area contributed by atoms with Gasteiger partial charge < -0.3 is 11.1 Å². The van der Waals surface area contributed by atoms with Crippen LogP contribution >= 0.6 is 0 Å². The van der Waals surface area contributed by atoms with E-state index in [0.29, 0.717) is 17.3 Å². The Kier molecular flexibility index (Phi) is 2.11. The van der Waals surface area contributed by atoms with Gasteiger partial charge in [-0.25, -0.2) is 0 Å². The Morgan fingerprint density at radius 2 is 2.29 bits per heavy atom. The summed E-state index contributed by atoms with van der Waals surface area (Å²) in [4.78, 5) is 15.6. The minimum atomic E-state index is -0.0650. The molecule has 0 bridgehead atoms. The summed E-state index contributed by atoms with van der Waals surface area (Å²) >= 11 is 0. The molecule has 1 aliphatic rings. The highest BCUT2D eigenvalue weighted by atomic mass is 16.1. The molecule has 4 nitrogen and oxygen atoms in total. The quantitative estimate of drug-likeness (QED) is 0.728. The third-order valence-corrected chi connectivity index (χ3v) is 2.41. The van der Waals surface area contributed by atoms with Crippen LogP contribution in [0.15, 0.2) is 12.4 Å². The summed E-state index contributed by atoms with van der Waals surface area (Å²) in [5.41, 5.74) is 7.61. The van der Waals surface area contributed by atoms with Gasteiger partial charge in [0.15, 0.2) is 0 Å². The Labute approximate surface area is 82.5 Å². The van der Waals surface area contributed by atoms with Crippen molar-refractivity contribution in [2.45, 2.75) is 25.8 Å². The first-order chi connectivity index (χ1) is 6.68. The third kappa shape index (κ3) is 1.69. The van der Waals surface area contributed by atoms with Crippen LogP contribution < -0.4 is 11.1 Å². The first kappa shape index (κ1) is 8.99. The Balaban J connectivity index is 2.21. The zero-order valence-electron chi connectivity index (χ0n) is 8.08. The van der Waals surface area contributed by atoms with Crippen molar-refractivity contribution < 1.29 is 4.79 Å². The van der Waals surface area contributed by atoms with Gasteiger partial charge in [-0.3, -0.25) is 9.78 Å². The Bertz CT molecular complexity index is 372. The molecular formula is C10H13N3O. The summed E-state index contributed by atoms with van der Waals surface area (Å²) in [7, 11) is 0. The Morgan fingerprint density at radius 1 is 1.57 bits per heavy atom. The highest BCUT2D eigenvalue weighted by Crippen LogP contribution is 2.20. The maximum Gasteiger partial charge on any atom is 0.253 e. The van der Waals surface area contributed by atoms with Gasteiger partial charge >= 0.3 is 0 Å². The van der Waals surface area contributed by atoms with Crippen LogP contribution in [0.4, 0.5) is 5.69 Å². The highest BCUT2D eigenvalue weighted by molar-refractivity contribution is 5.96. The van der Waals surface area contributed by atoms with Gasteiger partial charge in [0.2, 0.25) is 0 Å². The molecule has 1 fully saturated rings. The summed E-state index contributed by atoms with van der Waals surface area (Å²) in [5, 5.41) is 2.90. The van der Waals surface area contributed by atoms with Crippen LogP contribution in [0.25, 0.3) is 0 Å². The molecule has 4 heteroatoms. The van der Waals surface area contributed by atoms with E-state index < -0.39 is 0 Å². The first-order valence-electron chi connectivity index (χ1n) is 4.69. The summed E-state index contributed by atoms with van der Waals surface area (Å²) in [6.07, 6.45) is 5.29. The van der Waals surface area contributed by atoms with Gasteiger partial charge in [-0.2, -0.15) is 0 Å². The summed E-state index contributed by atoms with van der Waals surface area (Å²) < 4.78 is 0. The molecule has 1 saturated carbocycles. The predicted octanol–water partition coefficient (Wildman–Crippen LogP) is 0.864. The van der Waals surface area contributed by atoms with E-state index in [1.54, 1.807) is 12.4 Å². The molecule has 3 N–H and O–H groups in total. The molecule has 0 unspecified atom stereocenters. The average molecular weight is 191 g/mol. The van der Waals surface area contributed by atoms with Crippen molar-refractivity contribution in [1.82, 2.24) is 10.3 Å². The van der Waals surface area contributed by atoms with Crippen molar-refractivity contribution in [2.75, 3.05) is 5.73 Å². The summed E-state index contributed by atoms with van der Waals surface area (Å²) in [6, 6.07) is 0.364. The number of hydrogen-bond acceptors (Lipinski definition) is 3. The number of nitrogens with one attached hydrogen (secondary N) is 1. The van der Waals surface area contributed by atoms with Gasteiger partial charge in [0.05, 0.1) is 17.4 Å². The van der Waals surface area contributed by atoms with Crippen molar-refractivity contribution in [3.8, 4) is 0 Å². The molecule has 0 saturated heterocycles. The SMILES string of the molecule is Cc1c(N)cncc1C(=O)NC1CC1. The maximum atomic E-state index is 11.7. The van der Waals surface area contributed by atoms with Crippen molar-refractivity contribution in [3.63, 3.8) is 0 Å². The van der Waals surface area contributed by atoms with Gasteiger partial charge in [0.1, 0.15) is 0 Å². The lowest BCUT2D eigenvalue weighted by Crippen LogP contribution is -2.26. The molecule has 2 rings (SSSR count). The number of amides is 1. The number of pyridine rings is 1. The van der Waals surface area contributed by atoms with Crippen LogP contribution in [-0.2, 0) is 0 Å². The fraction of sp³-hybridized carbons (Fsp3) is 0.400. The molecule has 0 radical (unpaired) electrons. The molecule has 1 heterocycles. The number of carbonyl (C=O) groups excluding carboxylic acids is 1. The molecule has 1 amide bonds. The van der Waals surface area contributed by atoms with Gasteiger partial charge in [-0.1, -0.05) is 0 Å². The lowest BCUT2D eigenvalue weighted by atomic mass is 10.1. The van der Waals surface area contributed by atoms with Crippen LogP contribution in [0, 0.1) is 6.92 Å². The number of aromatic nitrogens is 1. The third-order valence-electron chi connectivity index (χ3n) is 2.41. The van der Waals surface area contributed by atoms with Crippen molar-refractivity contribution >= 4 is 11.6 Å². The second-order valence-corrected chi connectivity index (χ2v) is 3.65. The van der Waals surface area contributed by atoms with E-state index in [-0.39, 0.29) is 5.91 Å².